The van der Waals surface area contributed by atoms with Gasteiger partial charge in [-0.2, -0.15) is 13.8 Å². The topological polar surface area (TPSA) is 131 Å². The quantitative estimate of drug-likeness (QED) is 0.239. The predicted molar refractivity (Wildman–Crippen MR) is 156 cm³/mol. The summed E-state index contributed by atoms with van der Waals surface area (Å²) in [6, 6.07) is 18.0. The molecule has 1 saturated heterocycles. The fourth-order valence-electron chi connectivity index (χ4n) is 4.45. The van der Waals surface area contributed by atoms with Crippen LogP contribution in [0.15, 0.2) is 89.9 Å². The van der Waals surface area contributed by atoms with Crippen LogP contribution in [0.25, 0.3) is 12.2 Å². The van der Waals surface area contributed by atoms with Gasteiger partial charge < -0.3 is 19.9 Å². The summed E-state index contributed by atoms with van der Waals surface area (Å²) in [6.45, 7) is 5.83. The van der Waals surface area contributed by atoms with Crippen LogP contribution in [0.1, 0.15) is 17.4 Å². The van der Waals surface area contributed by atoms with E-state index in [0.29, 0.717) is 15.7 Å². The minimum Gasteiger partial charge on any atom is -0.396 e. The maximum Gasteiger partial charge on any atom is 0.351 e. The monoisotopic (exact) mass is 595 g/mol. The van der Waals surface area contributed by atoms with E-state index < -0.39 is 55.5 Å². The van der Waals surface area contributed by atoms with Crippen molar-refractivity contribution in [2.24, 2.45) is 0 Å². The molecule has 0 aliphatic carbocycles. The summed E-state index contributed by atoms with van der Waals surface area (Å²) in [5.74, 6) is -6.95. The van der Waals surface area contributed by atoms with Crippen molar-refractivity contribution < 1.29 is 33.3 Å². The molecule has 4 rings (SSSR count). The number of aromatic nitrogens is 2. The minimum absolute atomic E-state index is 0.159. The van der Waals surface area contributed by atoms with Crippen LogP contribution in [0.2, 0.25) is 19.6 Å². The largest absolute Gasteiger partial charge is 0.396 e. The molecule has 1 fully saturated rings. The summed E-state index contributed by atoms with van der Waals surface area (Å²) in [5.41, 5.74) is -3.83. The number of aliphatic hydroxyl groups excluding tert-OH is 1. The maximum absolute atomic E-state index is 16.1. The second-order valence-corrected chi connectivity index (χ2v) is 15.6. The molecule has 220 valence electrons. The molecule has 1 aliphatic heterocycles. The Morgan fingerprint density at radius 2 is 1.55 bits per heavy atom. The SMILES string of the molecule is C[Si](C)(C)Nc1ccn([C@@H]2O[C@H](C(O)C(=O)/C=C/c3ccccc3)[C@](O)(C(=O)/C=C/c3ccccc3)C2(F)F)c(=O)n1. The number of ketones is 2. The van der Waals surface area contributed by atoms with Gasteiger partial charge in [0.25, 0.3) is 0 Å². The Morgan fingerprint density at radius 1 is 1.00 bits per heavy atom. The van der Waals surface area contributed by atoms with Gasteiger partial charge in [-0.15, -0.1) is 0 Å². The average molecular weight is 596 g/mol. The third-order valence-electron chi connectivity index (χ3n) is 6.51. The van der Waals surface area contributed by atoms with Crippen LogP contribution in [-0.2, 0) is 14.3 Å². The van der Waals surface area contributed by atoms with E-state index in [1.807, 2.05) is 19.6 Å². The van der Waals surface area contributed by atoms with E-state index in [1.54, 1.807) is 60.7 Å². The molecule has 9 nitrogen and oxygen atoms in total. The number of ether oxygens (including phenoxy) is 1. The highest BCUT2D eigenvalue weighted by Crippen LogP contribution is 2.51. The summed E-state index contributed by atoms with van der Waals surface area (Å²) in [4.78, 5) is 45.9. The lowest BCUT2D eigenvalue weighted by Crippen LogP contribution is -2.62. The van der Waals surface area contributed by atoms with Gasteiger partial charge in [0.15, 0.2) is 11.6 Å². The number of rotatable bonds is 10. The number of aliphatic hydroxyl groups is 2. The van der Waals surface area contributed by atoms with Crippen molar-refractivity contribution in [3.05, 3.63) is 107 Å². The number of benzene rings is 2. The lowest BCUT2D eigenvalue weighted by atomic mass is 9.82. The van der Waals surface area contributed by atoms with Gasteiger partial charge in [0.2, 0.25) is 11.8 Å². The van der Waals surface area contributed by atoms with Gasteiger partial charge in [-0.25, -0.2) is 4.79 Å². The summed E-state index contributed by atoms with van der Waals surface area (Å²) < 4.78 is 38.0. The van der Waals surface area contributed by atoms with E-state index >= 15 is 8.78 Å². The van der Waals surface area contributed by atoms with Crippen molar-refractivity contribution >= 4 is 37.8 Å². The third-order valence-corrected chi connectivity index (χ3v) is 7.52. The van der Waals surface area contributed by atoms with Crippen molar-refractivity contribution in [1.82, 2.24) is 9.55 Å². The van der Waals surface area contributed by atoms with Gasteiger partial charge in [0.05, 0.1) is 0 Å². The van der Waals surface area contributed by atoms with E-state index in [2.05, 4.69) is 9.97 Å². The van der Waals surface area contributed by atoms with Crippen LogP contribution in [0.3, 0.4) is 0 Å². The Labute approximate surface area is 241 Å². The van der Waals surface area contributed by atoms with Gasteiger partial charge in [0.1, 0.15) is 26.3 Å². The van der Waals surface area contributed by atoms with Crippen LogP contribution in [0, 0.1) is 0 Å². The molecular weight excluding hydrogens is 564 g/mol. The van der Waals surface area contributed by atoms with Gasteiger partial charge >= 0.3 is 11.6 Å². The number of hydrogen-bond donors (Lipinski definition) is 3. The maximum atomic E-state index is 16.1. The number of alkyl halides is 2. The molecule has 2 heterocycles. The molecule has 0 radical (unpaired) electrons. The molecule has 3 aromatic rings. The van der Waals surface area contributed by atoms with E-state index in [4.69, 9.17) is 4.74 Å². The molecule has 0 bridgehead atoms. The Hall–Kier alpha value is -4.10. The van der Waals surface area contributed by atoms with Gasteiger partial charge in [0, 0.05) is 6.20 Å². The number of carbonyl (C=O) groups is 2. The molecule has 0 saturated carbocycles. The van der Waals surface area contributed by atoms with Crippen LogP contribution in [0.5, 0.6) is 0 Å². The highest BCUT2D eigenvalue weighted by Gasteiger charge is 2.75. The number of hydrogen-bond acceptors (Lipinski definition) is 8. The van der Waals surface area contributed by atoms with E-state index in [1.165, 1.54) is 18.2 Å². The zero-order valence-corrected chi connectivity index (χ0v) is 24.1. The van der Waals surface area contributed by atoms with E-state index in [0.717, 1.165) is 18.3 Å². The van der Waals surface area contributed by atoms with E-state index in [9.17, 15) is 24.6 Å². The number of nitrogens with zero attached hydrogens (tertiary/aromatic N) is 2. The molecule has 4 atom stereocenters. The van der Waals surface area contributed by atoms with Crippen molar-refractivity contribution in [2.45, 2.75) is 49.6 Å². The third kappa shape index (κ3) is 6.36. The summed E-state index contributed by atoms with van der Waals surface area (Å²) in [7, 11) is -1.95. The Bertz CT molecular complexity index is 1560. The number of carbonyl (C=O) groups excluding carboxylic acids is 2. The molecule has 2 aromatic carbocycles. The summed E-state index contributed by atoms with van der Waals surface area (Å²) >= 11 is 0. The van der Waals surface area contributed by atoms with Crippen LogP contribution >= 0.6 is 0 Å². The Balaban J connectivity index is 1.73. The Kier molecular flexibility index (Phi) is 8.83. The minimum atomic E-state index is -4.49. The lowest BCUT2D eigenvalue weighted by molar-refractivity contribution is -0.191. The highest BCUT2D eigenvalue weighted by molar-refractivity contribution is 6.79. The Morgan fingerprint density at radius 3 is 2.07 bits per heavy atom. The normalized spacial score (nSPS) is 22.8. The second kappa shape index (κ2) is 12.0. The van der Waals surface area contributed by atoms with Crippen molar-refractivity contribution in [2.75, 3.05) is 4.98 Å². The first-order valence-electron chi connectivity index (χ1n) is 13.1. The fourth-order valence-corrected chi connectivity index (χ4v) is 5.35. The lowest BCUT2D eigenvalue weighted by Gasteiger charge is -2.32. The molecule has 1 aromatic heterocycles. The van der Waals surface area contributed by atoms with Crippen LogP contribution in [-0.4, -0.2) is 63.3 Å². The fraction of sp³-hybridized carbons (Fsp3) is 0.267. The molecule has 1 aliphatic rings. The number of halogens is 2. The smallest absolute Gasteiger partial charge is 0.351 e. The first kappa shape index (κ1) is 30.8. The summed E-state index contributed by atoms with van der Waals surface area (Å²) in [5, 5.41) is 22.3. The van der Waals surface area contributed by atoms with Crippen molar-refractivity contribution in [3.8, 4) is 0 Å². The zero-order chi connectivity index (χ0) is 30.7. The van der Waals surface area contributed by atoms with Gasteiger partial charge in [-0.05, 0) is 29.3 Å². The first-order chi connectivity index (χ1) is 19.7. The molecule has 0 amide bonds. The van der Waals surface area contributed by atoms with Crippen LogP contribution < -0.4 is 10.7 Å². The second-order valence-electron chi connectivity index (χ2n) is 10.9. The number of nitrogens with one attached hydrogen (secondary N) is 1. The highest BCUT2D eigenvalue weighted by atomic mass is 28.3. The zero-order valence-electron chi connectivity index (χ0n) is 23.1. The van der Waals surface area contributed by atoms with Crippen molar-refractivity contribution in [1.29, 1.82) is 0 Å². The standard InChI is InChI=1S/C30H31F2N3O6Si/c1-42(2,3)34-24-18-19-35(28(39)33-24)27-30(31,32)29(40,23(37)17-15-21-12-8-5-9-13-21)26(41-27)25(38)22(36)16-14-20-10-6-4-7-11-20/h4-19,25-27,38,40H,1-3H3,(H,33,34,39)/b16-14+,17-15+/t25?,26-,27-,29-/m1/s1. The average Bonchev–Trinajstić information content (AvgIpc) is 3.16. The molecule has 0 spiro atoms. The molecular formula is C30H31F2N3O6Si. The van der Waals surface area contributed by atoms with Gasteiger partial charge in [-0.1, -0.05) is 92.5 Å². The first-order valence-corrected chi connectivity index (χ1v) is 16.6. The molecule has 3 N–H and O–H groups in total. The van der Waals surface area contributed by atoms with Gasteiger partial charge in [-0.3, -0.25) is 14.2 Å². The predicted octanol–water partition coefficient (Wildman–Crippen LogP) is 3.68. The van der Waals surface area contributed by atoms with Crippen molar-refractivity contribution in [3.63, 3.8) is 0 Å². The van der Waals surface area contributed by atoms with Crippen LogP contribution in [0.4, 0.5) is 14.6 Å². The number of anilines is 1. The molecule has 12 heteroatoms. The molecule has 42 heavy (non-hydrogen) atoms. The van der Waals surface area contributed by atoms with E-state index in [-0.39, 0.29) is 5.82 Å². The molecule has 1 unspecified atom stereocenters. The summed E-state index contributed by atoms with van der Waals surface area (Å²) in [6.07, 6.45) is -2.21.